The number of nitrogens with zero attached hydrogens (tertiary/aromatic N) is 2. The molecule has 7 heteroatoms. The molecule has 0 unspecified atom stereocenters. The molecule has 0 amide bonds. The summed E-state index contributed by atoms with van der Waals surface area (Å²) in [6.45, 7) is 0. The molecule has 22 heavy (non-hydrogen) atoms. The van der Waals surface area contributed by atoms with E-state index in [4.69, 9.17) is 9.84 Å². The van der Waals surface area contributed by atoms with Crippen LogP contribution in [0.3, 0.4) is 0 Å². The smallest absolute Gasteiger partial charge is 0.303 e. The van der Waals surface area contributed by atoms with E-state index in [1.165, 1.54) is 30.0 Å². The number of carbonyl (C=O) groups is 1. The van der Waals surface area contributed by atoms with Gasteiger partial charge < -0.3 is 14.9 Å². The maximum Gasteiger partial charge on any atom is 0.303 e. The van der Waals surface area contributed by atoms with Crippen molar-refractivity contribution in [3.8, 4) is 11.6 Å². The molecular weight excluding hydrogens is 291 g/mol. The van der Waals surface area contributed by atoms with E-state index < -0.39 is 17.7 Å². The molecular formula is C15H17FN2O4. The van der Waals surface area contributed by atoms with E-state index in [9.17, 15) is 14.3 Å². The van der Waals surface area contributed by atoms with Crippen LogP contribution in [-0.4, -0.2) is 33.1 Å². The van der Waals surface area contributed by atoms with E-state index >= 15 is 0 Å². The van der Waals surface area contributed by atoms with Gasteiger partial charge in [-0.15, -0.1) is 0 Å². The van der Waals surface area contributed by atoms with Crippen molar-refractivity contribution >= 4 is 5.97 Å². The van der Waals surface area contributed by atoms with Gasteiger partial charge in [0.1, 0.15) is 0 Å². The maximum atomic E-state index is 13.8. The Bertz CT molecular complexity index is 665. The molecule has 0 bridgehead atoms. The highest BCUT2D eigenvalue weighted by atomic mass is 19.1. The predicted octanol–water partition coefficient (Wildman–Crippen LogP) is 2.07. The van der Waals surface area contributed by atoms with Gasteiger partial charge in [-0.05, 0) is 24.1 Å². The van der Waals surface area contributed by atoms with Crippen LogP contribution in [0.2, 0.25) is 0 Å². The standard InChI is InChI=1S/C15H17FN2O4/c1-18-14(19)8-11(17-18)5-10(7-15(20)21)9-3-4-13(22-2)12(16)6-9/h3-4,6,8,10,19H,5,7H2,1-2H3,(H,20,21)/t10-/m0/s1. The van der Waals surface area contributed by atoms with Crippen molar-refractivity contribution in [2.45, 2.75) is 18.8 Å². The van der Waals surface area contributed by atoms with Crippen LogP contribution in [-0.2, 0) is 18.3 Å². The van der Waals surface area contributed by atoms with E-state index in [0.29, 0.717) is 11.3 Å². The number of carboxylic acids is 1. The normalized spacial score (nSPS) is 12.1. The Labute approximate surface area is 126 Å². The van der Waals surface area contributed by atoms with Crippen molar-refractivity contribution in [3.63, 3.8) is 0 Å². The number of hydrogen-bond acceptors (Lipinski definition) is 4. The number of carboxylic acid groups (broad SMARTS) is 1. The van der Waals surface area contributed by atoms with Crippen molar-refractivity contribution in [1.82, 2.24) is 9.78 Å². The second kappa shape index (κ2) is 6.46. The number of benzene rings is 1. The molecule has 118 valence electrons. The van der Waals surface area contributed by atoms with Gasteiger partial charge in [0.2, 0.25) is 5.88 Å². The van der Waals surface area contributed by atoms with Gasteiger partial charge in [-0.1, -0.05) is 6.07 Å². The molecule has 1 atom stereocenters. The number of aromatic hydroxyl groups is 1. The van der Waals surface area contributed by atoms with Gasteiger partial charge >= 0.3 is 5.97 Å². The molecule has 6 nitrogen and oxygen atoms in total. The van der Waals surface area contributed by atoms with E-state index in [-0.39, 0.29) is 24.5 Å². The van der Waals surface area contributed by atoms with Crippen LogP contribution >= 0.6 is 0 Å². The summed E-state index contributed by atoms with van der Waals surface area (Å²) in [5.41, 5.74) is 1.09. The third kappa shape index (κ3) is 3.55. The summed E-state index contributed by atoms with van der Waals surface area (Å²) < 4.78 is 20.0. The fourth-order valence-corrected chi connectivity index (χ4v) is 2.32. The van der Waals surface area contributed by atoms with E-state index in [1.54, 1.807) is 13.1 Å². The van der Waals surface area contributed by atoms with Crippen LogP contribution in [0.1, 0.15) is 23.6 Å². The molecule has 0 fully saturated rings. The number of methoxy groups -OCH3 is 1. The lowest BCUT2D eigenvalue weighted by molar-refractivity contribution is -0.137. The van der Waals surface area contributed by atoms with Crippen LogP contribution < -0.4 is 4.74 Å². The summed E-state index contributed by atoms with van der Waals surface area (Å²) in [6.07, 6.45) is 0.121. The number of hydrogen-bond donors (Lipinski definition) is 2. The molecule has 0 aliphatic carbocycles. The van der Waals surface area contributed by atoms with Crippen LogP contribution in [0, 0.1) is 5.82 Å². The summed E-state index contributed by atoms with van der Waals surface area (Å²) in [5.74, 6) is -1.88. The Hall–Kier alpha value is -2.57. The number of halogens is 1. The minimum Gasteiger partial charge on any atom is -0.494 e. The van der Waals surface area contributed by atoms with Crippen LogP contribution in [0.5, 0.6) is 11.6 Å². The number of ether oxygens (including phenoxy) is 1. The minimum atomic E-state index is -0.985. The first-order chi connectivity index (χ1) is 10.4. The molecule has 0 radical (unpaired) electrons. The van der Waals surface area contributed by atoms with Gasteiger partial charge in [-0.25, -0.2) is 9.07 Å². The summed E-state index contributed by atoms with van der Waals surface area (Å²) in [7, 11) is 2.95. The highest BCUT2D eigenvalue weighted by Crippen LogP contribution is 2.28. The highest BCUT2D eigenvalue weighted by molar-refractivity contribution is 5.68. The van der Waals surface area contributed by atoms with E-state index in [2.05, 4.69) is 5.10 Å². The Balaban J connectivity index is 2.29. The zero-order valence-corrected chi connectivity index (χ0v) is 12.3. The molecule has 0 spiro atoms. The van der Waals surface area contributed by atoms with E-state index in [0.717, 1.165) is 0 Å². The molecule has 2 N–H and O–H groups in total. The lowest BCUT2D eigenvalue weighted by atomic mass is 9.91. The quantitative estimate of drug-likeness (QED) is 0.853. The molecule has 0 saturated carbocycles. The van der Waals surface area contributed by atoms with Crippen molar-refractivity contribution in [2.75, 3.05) is 7.11 Å². The van der Waals surface area contributed by atoms with Gasteiger partial charge in [0, 0.05) is 19.0 Å². The molecule has 2 aromatic rings. The second-order valence-electron chi connectivity index (χ2n) is 5.01. The molecule has 0 aliphatic rings. The van der Waals surface area contributed by atoms with Crippen LogP contribution in [0.25, 0.3) is 0 Å². The summed E-state index contributed by atoms with van der Waals surface area (Å²) in [6, 6.07) is 5.84. The summed E-state index contributed by atoms with van der Waals surface area (Å²) in [5, 5.41) is 22.7. The summed E-state index contributed by atoms with van der Waals surface area (Å²) in [4.78, 5) is 11.1. The number of rotatable bonds is 6. The van der Waals surface area contributed by atoms with E-state index in [1.807, 2.05) is 0 Å². The second-order valence-corrected chi connectivity index (χ2v) is 5.01. The van der Waals surface area contributed by atoms with Gasteiger partial charge in [-0.3, -0.25) is 4.79 Å². The first-order valence-electron chi connectivity index (χ1n) is 6.67. The van der Waals surface area contributed by atoms with Crippen LogP contribution in [0.15, 0.2) is 24.3 Å². The highest BCUT2D eigenvalue weighted by Gasteiger charge is 2.20. The van der Waals surface area contributed by atoms with Crippen molar-refractivity contribution in [3.05, 3.63) is 41.3 Å². The van der Waals surface area contributed by atoms with Gasteiger partial charge in [0.15, 0.2) is 11.6 Å². The largest absolute Gasteiger partial charge is 0.494 e. The fourth-order valence-electron chi connectivity index (χ4n) is 2.32. The van der Waals surface area contributed by atoms with Gasteiger partial charge in [0.05, 0.1) is 19.2 Å². The van der Waals surface area contributed by atoms with Gasteiger partial charge in [-0.2, -0.15) is 5.10 Å². The third-order valence-electron chi connectivity index (χ3n) is 3.43. The molecule has 1 aromatic heterocycles. The lowest BCUT2D eigenvalue weighted by Gasteiger charge is -2.15. The first-order valence-corrected chi connectivity index (χ1v) is 6.67. The Morgan fingerprint density at radius 1 is 1.45 bits per heavy atom. The van der Waals surface area contributed by atoms with Crippen molar-refractivity contribution in [2.24, 2.45) is 7.05 Å². The molecule has 0 aliphatic heterocycles. The zero-order valence-electron chi connectivity index (χ0n) is 12.3. The fraction of sp³-hybridized carbons (Fsp3) is 0.333. The van der Waals surface area contributed by atoms with Crippen molar-refractivity contribution in [1.29, 1.82) is 0 Å². The number of aromatic nitrogens is 2. The summed E-state index contributed by atoms with van der Waals surface area (Å²) >= 11 is 0. The number of aryl methyl sites for hydroxylation is 1. The maximum absolute atomic E-state index is 13.8. The average molecular weight is 308 g/mol. The Kier molecular flexibility index (Phi) is 4.65. The molecule has 2 rings (SSSR count). The van der Waals surface area contributed by atoms with Crippen molar-refractivity contribution < 1.29 is 24.1 Å². The molecule has 0 saturated heterocycles. The third-order valence-corrected chi connectivity index (χ3v) is 3.43. The minimum absolute atomic E-state index is 0.00927. The predicted molar refractivity (Wildman–Crippen MR) is 76.5 cm³/mol. The monoisotopic (exact) mass is 308 g/mol. The van der Waals surface area contributed by atoms with Gasteiger partial charge in [0.25, 0.3) is 0 Å². The SMILES string of the molecule is COc1ccc([C@H](CC(=O)O)Cc2cc(O)n(C)n2)cc1F. The Morgan fingerprint density at radius 2 is 2.18 bits per heavy atom. The average Bonchev–Trinajstić information content (AvgIpc) is 2.76. The topological polar surface area (TPSA) is 84.6 Å². The lowest BCUT2D eigenvalue weighted by Crippen LogP contribution is -2.10. The molecule has 1 aromatic carbocycles. The molecule has 1 heterocycles. The van der Waals surface area contributed by atoms with Crippen LogP contribution in [0.4, 0.5) is 4.39 Å². The Morgan fingerprint density at radius 3 is 2.68 bits per heavy atom. The zero-order chi connectivity index (χ0) is 16.3. The number of aliphatic carboxylic acids is 1. The first kappa shape index (κ1) is 15.8.